The number of amides is 1. The first kappa shape index (κ1) is 23.4. The molecule has 2 aliphatic rings. The molecule has 170 valence electrons. The van der Waals surface area contributed by atoms with Crippen molar-refractivity contribution in [2.24, 2.45) is 0 Å². The number of allylic oxidation sites excluding steroid dienone is 1. The van der Waals surface area contributed by atoms with Crippen LogP contribution in [0.15, 0.2) is 34.7 Å². The lowest BCUT2D eigenvalue weighted by Gasteiger charge is -2.26. The second-order valence-corrected chi connectivity index (χ2v) is 9.69. The van der Waals surface area contributed by atoms with Crippen molar-refractivity contribution in [1.29, 1.82) is 0 Å². The molecule has 0 aromatic heterocycles. The van der Waals surface area contributed by atoms with Crippen LogP contribution in [0.5, 0.6) is 0 Å². The molecule has 0 radical (unpaired) electrons. The van der Waals surface area contributed by atoms with E-state index in [0.717, 1.165) is 19.3 Å². The highest BCUT2D eigenvalue weighted by Gasteiger charge is 2.28. The Morgan fingerprint density at radius 1 is 1.19 bits per heavy atom. The van der Waals surface area contributed by atoms with Crippen molar-refractivity contribution in [3.63, 3.8) is 0 Å². The summed E-state index contributed by atoms with van der Waals surface area (Å²) in [4.78, 5) is 24.4. The molecule has 0 bridgehead atoms. The second-order valence-electron chi connectivity index (χ2n) is 7.78. The summed E-state index contributed by atoms with van der Waals surface area (Å²) in [6.07, 6.45) is 7.63. The summed E-state index contributed by atoms with van der Waals surface area (Å²) in [5, 5.41) is 2.75. The highest BCUT2D eigenvalue weighted by molar-refractivity contribution is 7.89. The summed E-state index contributed by atoms with van der Waals surface area (Å²) >= 11 is 0. The molecule has 31 heavy (non-hydrogen) atoms. The molecule has 1 saturated heterocycles. The predicted molar refractivity (Wildman–Crippen MR) is 115 cm³/mol. The van der Waals surface area contributed by atoms with Crippen LogP contribution in [0.3, 0.4) is 0 Å². The molecule has 3 rings (SSSR count). The van der Waals surface area contributed by atoms with Gasteiger partial charge in [0.15, 0.2) is 6.61 Å². The van der Waals surface area contributed by atoms with Crippen LogP contribution in [-0.2, 0) is 24.3 Å². The number of carbonyl (C=O) groups excluding carboxylic acids is 2. The smallest absolute Gasteiger partial charge is 0.338 e. The van der Waals surface area contributed by atoms with Crippen LogP contribution in [0, 0.1) is 6.92 Å². The van der Waals surface area contributed by atoms with E-state index in [-0.39, 0.29) is 29.5 Å². The number of nitrogens with one attached hydrogen (secondary N) is 1. The van der Waals surface area contributed by atoms with Gasteiger partial charge in [0.05, 0.1) is 23.7 Å². The number of sulfonamides is 1. The third kappa shape index (κ3) is 6.38. The van der Waals surface area contributed by atoms with E-state index in [0.29, 0.717) is 25.3 Å². The minimum Gasteiger partial charge on any atom is -0.452 e. The minimum absolute atomic E-state index is 0.0639. The topological polar surface area (TPSA) is 102 Å². The zero-order chi connectivity index (χ0) is 22.3. The van der Waals surface area contributed by atoms with Crippen LogP contribution >= 0.6 is 0 Å². The van der Waals surface area contributed by atoms with Crippen molar-refractivity contribution in [3.8, 4) is 0 Å². The SMILES string of the molecule is Cc1ccc(C(=O)OCC(=O)NCCC2=CCCCC2)cc1S(=O)(=O)N1CCOCC1. The summed E-state index contributed by atoms with van der Waals surface area (Å²) in [6, 6.07) is 4.39. The third-order valence-corrected chi connectivity index (χ3v) is 7.54. The predicted octanol–water partition coefficient (Wildman–Crippen LogP) is 2.18. The van der Waals surface area contributed by atoms with Gasteiger partial charge in [0.25, 0.3) is 5.91 Å². The lowest BCUT2D eigenvalue weighted by molar-refractivity contribution is -0.124. The number of hydrogen-bond acceptors (Lipinski definition) is 6. The largest absolute Gasteiger partial charge is 0.452 e. The van der Waals surface area contributed by atoms with Crippen LogP contribution in [0.2, 0.25) is 0 Å². The van der Waals surface area contributed by atoms with Crippen LogP contribution in [0.4, 0.5) is 0 Å². The molecule has 1 heterocycles. The molecule has 0 atom stereocenters. The Hall–Kier alpha value is -2.23. The Bertz CT molecular complexity index is 935. The van der Waals surface area contributed by atoms with E-state index in [9.17, 15) is 18.0 Å². The maximum atomic E-state index is 12.9. The zero-order valence-electron chi connectivity index (χ0n) is 17.9. The Labute approximate surface area is 183 Å². The van der Waals surface area contributed by atoms with Gasteiger partial charge in [-0.1, -0.05) is 17.7 Å². The Morgan fingerprint density at radius 2 is 1.97 bits per heavy atom. The van der Waals surface area contributed by atoms with Gasteiger partial charge in [0.2, 0.25) is 10.0 Å². The van der Waals surface area contributed by atoms with Crippen LogP contribution < -0.4 is 5.32 Å². The van der Waals surface area contributed by atoms with E-state index in [1.807, 2.05) is 0 Å². The van der Waals surface area contributed by atoms with Crippen molar-refractivity contribution in [3.05, 3.63) is 41.0 Å². The molecule has 0 saturated carbocycles. The molecule has 1 aromatic carbocycles. The molecule has 1 amide bonds. The van der Waals surface area contributed by atoms with Crippen molar-refractivity contribution >= 4 is 21.9 Å². The van der Waals surface area contributed by atoms with Crippen molar-refractivity contribution in [1.82, 2.24) is 9.62 Å². The molecular weight excluding hydrogens is 420 g/mol. The second kappa shape index (κ2) is 10.9. The number of hydrogen-bond donors (Lipinski definition) is 1. The highest BCUT2D eigenvalue weighted by Crippen LogP contribution is 2.23. The van der Waals surface area contributed by atoms with E-state index in [2.05, 4.69) is 11.4 Å². The van der Waals surface area contributed by atoms with Gasteiger partial charge in [-0.3, -0.25) is 4.79 Å². The van der Waals surface area contributed by atoms with Gasteiger partial charge in [-0.15, -0.1) is 0 Å². The van der Waals surface area contributed by atoms with Crippen LogP contribution in [0.1, 0.15) is 48.0 Å². The fourth-order valence-electron chi connectivity index (χ4n) is 3.69. The van der Waals surface area contributed by atoms with E-state index in [1.165, 1.54) is 34.9 Å². The normalized spacial score (nSPS) is 17.6. The Balaban J connectivity index is 1.54. The first-order valence-electron chi connectivity index (χ1n) is 10.7. The van der Waals surface area contributed by atoms with Gasteiger partial charge >= 0.3 is 5.97 Å². The van der Waals surface area contributed by atoms with Crippen LogP contribution in [0.25, 0.3) is 0 Å². The fourth-order valence-corrected chi connectivity index (χ4v) is 5.35. The average Bonchev–Trinajstić information content (AvgIpc) is 2.79. The summed E-state index contributed by atoms with van der Waals surface area (Å²) in [6.45, 7) is 3.00. The van der Waals surface area contributed by atoms with Gasteiger partial charge in [-0.25, -0.2) is 13.2 Å². The van der Waals surface area contributed by atoms with Crippen molar-refractivity contribution in [2.75, 3.05) is 39.5 Å². The van der Waals surface area contributed by atoms with E-state index in [4.69, 9.17) is 9.47 Å². The number of carbonyl (C=O) groups is 2. The maximum Gasteiger partial charge on any atom is 0.338 e. The minimum atomic E-state index is -3.74. The monoisotopic (exact) mass is 450 g/mol. The van der Waals surface area contributed by atoms with E-state index >= 15 is 0 Å². The number of rotatable bonds is 8. The summed E-state index contributed by atoms with van der Waals surface area (Å²) in [5.74, 6) is -1.11. The Kier molecular flexibility index (Phi) is 8.22. The first-order valence-corrected chi connectivity index (χ1v) is 12.1. The lowest BCUT2D eigenvalue weighted by atomic mass is 9.97. The van der Waals surface area contributed by atoms with E-state index < -0.39 is 22.6 Å². The molecule has 1 N–H and O–H groups in total. The van der Waals surface area contributed by atoms with Gasteiger partial charge in [0, 0.05) is 19.6 Å². The summed E-state index contributed by atoms with van der Waals surface area (Å²) in [5.41, 5.74) is 1.99. The van der Waals surface area contributed by atoms with Gasteiger partial charge in [-0.2, -0.15) is 4.31 Å². The van der Waals surface area contributed by atoms with E-state index in [1.54, 1.807) is 13.0 Å². The third-order valence-electron chi connectivity index (χ3n) is 5.50. The number of nitrogens with zero attached hydrogens (tertiary/aromatic N) is 1. The molecule has 8 nitrogen and oxygen atoms in total. The Morgan fingerprint density at radius 3 is 2.68 bits per heavy atom. The molecule has 1 aromatic rings. The van der Waals surface area contributed by atoms with Crippen molar-refractivity contribution < 1.29 is 27.5 Å². The molecular formula is C22H30N2O6S. The fraction of sp³-hybridized carbons (Fsp3) is 0.545. The summed E-state index contributed by atoms with van der Waals surface area (Å²) < 4.78 is 37.6. The summed E-state index contributed by atoms with van der Waals surface area (Å²) in [7, 11) is -3.74. The van der Waals surface area contributed by atoms with Gasteiger partial charge in [0.1, 0.15) is 0 Å². The highest BCUT2D eigenvalue weighted by atomic mass is 32.2. The molecule has 9 heteroatoms. The number of aryl methyl sites for hydroxylation is 1. The molecule has 0 spiro atoms. The van der Waals surface area contributed by atoms with Crippen LogP contribution in [-0.4, -0.2) is 64.1 Å². The molecule has 0 unspecified atom stereocenters. The number of ether oxygens (including phenoxy) is 2. The standard InChI is InChI=1S/C22H30N2O6S/c1-17-7-8-19(15-20(17)31(27,28)24-11-13-29-14-12-24)22(26)30-16-21(25)23-10-9-18-5-3-2-4-6-18/h5,7-8,15H,2-4,6,9-14,16H2,1H3,(H,23,25). The first-order chi connectivity index (χ1) is 14.9. The van der Waals surface area contributed by atoms with Crippen molar-refractivity contribution in [2.45, 2.75) is 43.9 Å². The molecule has 1 aliphatic heterocycles. The molecule has 1 aliphatic carbocycles. The number of morpholine rings is 1. The zero-order valence-corrected chi connectivity index (χ0v) is 18.7. The van der Waals surface area contributed by atoms with Gasteiger partial charge < -0.3 is 14.8 Å². The lowest BCUT2D eigenvalue weighted by Crippen LogP contribution is -2.40. The molecule has 1 fully saturated rings. The number of esters is 1. The average molecular weight is 451 g/mol. The maximum absolute atomic E-state index is 12.9. The quantitative estimate of drug-likeness (QED) is 0.481. The number of benzene rings is 1. The van der Waals surface area contributed by atoms with Gasteiger partial charge in [-0.05, 0) is 56.7 Å².